The van der Waals surface area contributed by atoms with Crippen molar-refractivity contribution in [2.24, 2.45) is 7.05 Å². The number of anilines is 1. The molecule has 28 heavy (non-hydrogen) atoms. The van der Waals surface area contributed by atoms with Crippen LogP contribution in [0.4, 0.5) is 5.69 Å². The highest BCUT2D eigenvalue weighted by Crippen LogP contribution is 2.21. The molecule has 0 radical (unpaired) electrons. The third-order valence-corrected chi connectivity index (χ3v) is 5.49. The van der Waals surface area contributed by atoms with Crippen LogP contribution >= 0.6 is 0 Å². The number of hydrogen-bond acceptors (Lipinski definition) is 5. The lowest BCUT2D eigenvalue weighted by Crippen LogP contribution is -2.44. The van der Waals surface area contributed by atoms with Gasteiger partial charge >= 0.3 is 0 Å². The van der Waals surface area contributed by atoms with Crippen LogP contribution in [0.2, 0.25) is 0 Å². The maximum absolute atomic E-state index is 13.1. The Morgan fingerprint density at radius 3 is 2.46 bits per heavy atom. The quantitative estimate of drug-likeness (QED) is 0.537. The summed E-state index contributed by atoms with van der Waals surface area (Å²) in [5.41, 5.74) is 3.42. The van der Waals surface area contributed by atoms with Gasteiger partial charge in [0.2, 0.25) is 0 Å². The average molecular weight is 374 g/mol. The molecule has 1 aliphatic rings. The normalized spacial score (nSPS) is 15.6. The van der Waals surface area contributed by atoms with Gasteiger partial charge in [0.1, 0.15) is 6.33 Å². The Bertz CT molecular complexity index is 1230. The second kappa shape index (κ2) is 6.45. The third-order valence-electron chi connectivity index (χ3n) is 5.49. The highest BCUT2D eigenvalue weighted by Gasteiger charge is 2.15. The predicted molar refractivity (Wildman–Crippen MR) is 111 cm³/mol. The lowest BCUT2D eigenvalue weighted by Gasteiger charge is -2.34. The monoisotopic (exact) mass is 374 g/mol. The second-order valence-corrected chi connectivity index (χ2v) is 7.46. The molecule has 0 saturated carbocycles. The van der Waals surface area contributed by atoms with Gasteiger partial charge in [-0.15, -0.1) is 0 Å². The zero-order valence-corrected chi connectivity index (χ0v) is 16.0. The Morgan fingerprint density at radius 1 is 0.893 bits per heavy atom. The Hall–Kier alpha value is -3.19. The molecule has 1 fully saturated rings. The van der Waals surface area contributed by atoms with E-state index in [2.05, 4.69) is 26.9 Å². The van der Waals surface area contributed by atoms with Crippen LogP contribution in [0.15, 0.2) is 53.7 Å². The number of piperazine rings is 1. The largest absolute Gasteiger partial charge is 0.369 e. The molecule has 0 amide bonds. The summed E-state index contributed by atoms with van der Waals surface area (Å²) in [6, 6.07) is 11.8. The van der Waals surface area contributed by atoms with Crippen LogP contribution in [-0.2, 0) is 7.05 Å². The fourth-order valence-corrected chi connectivity index (χ4v) is 3.83. The minimum Gasteiger partial charge on any atom is -0.369 e. The van der Waals surface area contributed by atoms with Crippen LogP contribution in [-0.4, -0.2) is 57.5 Å². The van der Waals surface area contributed by atoms with Crippen molar-refractivity contribution in [1.29, 1.82) is 0 Å². The first kappa shape index (κ1) is 16.9. The van der Waals surface area contributed by atoms with Gasteiger partial charge in [-0.25, -0.2) is 4.98 Å². The van der Waals surface area contributed by atoms with Crippen LogP contribution in [0.5, 0.6) is 0 Å². The van der Waals surface area contributed by atoms with E-state index in [0.29, 0.717) is 5.39 Å². The second-order valence-electron chi connectivity index (χ2n) is 7.46. The fourth-order valence-electron chi connectivity index (χ4n) is 3.83. The fraction of sp³-hybridized carbons (Fsp3) is 0.286. The molecule has 1 saturated heterocycles. The molecule has 0 unspecified atom stereocenters. The number of aromatic nitrogens is 4. The van der Waals surface area contributed by atoms with Crippen molar-refractivity contribution in [1.82, 2.24) is 24.2 Å². The molecule has 0 aliphatic carbocycles. The van der Waals surface area contributed by atoms with Gasteiger partial charge in [-0.1, -0.05) is 0 Å². The van der Waals surface area contributed by atoms with Crippen LogP contribution in [0.3, 0.4) is 0 Å². The molecule has 0 spiro atoms. The summed E-state index contributed by atoms with van der Waals surface area (Å²) in [6.07, 6.45) is 3.57. The maximum atomic E-state index is 13.1. The molecule has 0 atom stereocenters. The van der Waals surface area contributed by atoms with Crippen molar-refractivity contribution in [3.63, 3.8) is 0 Å². The minimum absolute atomic E-state index is 0.0646. The number of aryl methyl sites for hydroxylation is 1. The van der Waals surface area contributed by atoms with Crippen molar-refractivity contribution in [3.05, 3.63) is 59.3 Å². The van der Waals surface area contributed by atoms with E-state index in [4.69, 9.17) is 0 Å². The van der Waals surface area contributed by atoms with Gasteiger partial charge in [0, 0.05) is 50.5 Å². The van der Waals surface area contributed by atoms with Gasteiger partial charge in [0.05, 0.1) is 22.1 Å². The van der Waals surface area contributed by atoms with E-state index in [0.717, 1.165) is 54.0 Å². The topological polar surface area (TPSA) is 59.2 Å². The van der Waals surface area contributed by atoms with Crippen molar-refractivity contribution in [2.45, 2.75) is 0 Å². The molecule has 2 aromatic heterocycles. The molecular weight excluding hydrogens is 352 g/mol. The summed E-state index contributed by atoms with van der Waals surface area (Å²) < 4.78 is 3.36. The van der Waals surface area contributed by atoms with Gasteiger partial charge < -0.3 is 9.80 Å². The van der Waals surface area contributed by atoms with E-state index in [1.54, 1.807) is 15.6 Å². The number of rotatable bonds is 2. The third kappa shape index (κ3) is 2.84. The maximum Gasteiger partial charge on any atom is 0.265 e. The summed E-state index contributed by atoms with van der Waals surface area (Å²) in [4.78, 5) is 22.3. The van der Waals surface area contributed by atoms with Crippen molar-refractivity contribution < 1.29 is 0 Å². The van der Waals surface area contributed by atoms with Crippen LogP contribution in [0.25, 0.3) is 27.5 Å². The van der Waals surface area contributed by atoms with Crippen molar-refractivity contribution >= 4 is 27.5 Å². The molecule has 3 heterocycles. The average Bonchev–Trinajstić information content (AvgIpc) is 3.08. The molecule has 2 aromatic carbocycles. The van der Waals surface area contributed by atoms with E-state index in [1.165, 1.54) is 0 Å². The van der Waals surface area contributed by atoms with Crippen LogP contribution in [0.1, 0.15) is 0 Å². The molecule has 142 valence electrons. The summed E-state index contributed by atoms with van der Waals surface area (Å²) in [5, 5.41) is 6.10. The van der Waals surface area contributed by atoms with E-state index in [9.17, 15) is 4.79 Å². The Labute approximate surface area is 162 Å². The summed E-state index contributed by atoms with van der Waals surface area (Å²) in [7, 11) is 4.03. The molecule has 1 aliphatic heterocycles. The summed E-state index contributed by atoms with van der Waals surface area (Å²) in [6.45, 7) is 4.07. The van der Waals surface area contributed by atoms with Crippen LogP contribution < -0.4 is 10.5 Å². The number of hydrogen-bond donors (Lipinski definition) is 0. The molecule has 4 aromatic rings. The number of nitrogens with zero attached hydrogens (tertiary/aromatic N) is 6. The smallest absolute Gasteiger partial charge is 0.265 e. The van der Waals surface area contributed by atoms with Gasteiger partial charge in [0.15, 0.2) is 0 Å². The zero-order valence-electron chi connectivity index (χ0n) is 16.0. The van der Waals surface area contributed by atoms with Gasteiger partial charge in [0.25, 0.3) is 5.56 Å². The Morgan fingerprint density at radius 2 is 1.64 bits per heavy atom. The lowest BCUT2D eigenvalue weighted by molar-refractivity contribution is 0.313. The minimum atomic E-state index is -0.0646. The zero-order chi connectivity index (χ0) is 19.3. The summed E-state index contributed by atoms with van der Waals surface area (Å²) in [5.74, 6) is 0. The molecule has 7 nitrogen and oxygen atoms in total. The standard InChI is InChI=1S/C21H22N6O/c1-24-7-9-26(10-8-24)16-5-6-18-20(11-16)22-14-27(21(18)28)17-4-3-15-13-25(2)23-19(15)12-17/h3-6,11-14H,7-10H2,1-2H3. The molecule has 7 heteroatoms. The van der Waals surface area contributed by atoms with Crippen LogP contribution in [0, 0.1) is 0 Å². The van der Waals surface area contributed by atoms with E-state index in [-0.39, 0.29) is 5.56 Å². The van der Waals surface area contributed by atoms with Crippen molar-refractivity contribution in [2.75, 3.05) is 38.1 Å². The first-order valence-electron chi connectivity index (χ1n) is 9.47. The predicted octanol–water partition coefficient (Wildman–Crippen LogP) is 2.02. The lowest BCUT2D eigenvalue weighted by atomic mass is 10.2. The highest BCUT2D eigenvalue weighted by molar-refractivity contribution is 5.83. The van der Waals surface area contributed by atoms with E-state index < -0.39 is 0 Å². The number of fused-ring (bicyclic) bond motifs is 2. The van der Waals surface area contributed by atoms with Gasteiger partial charge in [-0.05, 0) is 43.4 Å². The highest BCUT2D eigenvalue weighted by atomic mass is 16.1. The summed E-state index contributed by atoms with van der Waals surface area (Å²) >= 11 is 0. The number of benzene rings is 2. The Balaban J connectivity index is 1.55. The molecule has 5 rings (SSSR count). The van der Waals surface area contributed by atoms with E-state index >= 15 is 0 Å². The molecular formula is C21H22N6O. The van der Waals surface area contributed by atoms with Gasteiger partial charge in [-0.2, -0.15) is 5.10 Å². The van der Waals surface area contributed by atoms with Gasteiger partial charge in [-0.3, -0.25) is 14.0 Å². The van der Waals surface area contributed by atoms with Crippen molar-refractivity contribution in [3.8, 4) is 5.69 Å². The molecule has 0 bridgehead atoms. The molecule has 0 N–H and O–H groups in total. The Kier molecular flexibility index (Phi) is 3.91. The number of likely N-dealkylation sites (N-methyl/N-ethyl adjacent to an activating group) is 1. The first-order valence-corrected chi connectivity index (χ1v) is 9.47. The SMILES string of the molecule is CN1CCN(c2ccc3c(=O)n(-c4ccc5cn(C)nc5c4)cnc3c2)CC1. The van der Waals surface area contributed by atoms with E-state index in [1.807, 2.05) is 49.6 Å². The first-order chi connectivity index (χ1) is 13.6.